The van der Waals surface area contributed by atoms with Gasteiger partial charge in [0.1, 0.15) is 11.2 Å². The van der Waals surface area contributed by atoms with Crippen molar-refractivity contribution in [3.8, 4) is 0 Å². The van der Waals surface area contributed by atoms with E-state index in [0.717, 1.165) is 38.5 Å². The lowest BCUT2D eigenvalue weighted by molar-refractivity contribution is -0.245. The van der Waals surface area contributed by atoms with Crippen LogP contribution >= 0.6 is 0 Å². The second-order valence-corrected chi connectivity index (χ2v) is 13.6. The Labute approximate surface area is 188 Å². The van der Waals surface area contributed by atoms with Gasteiger partial charge in [-0.2, -0.15) is 0 Å². The Kier molecular flexibility index (Phi) is 4.50. The molecule has 0 spiro atoms. The average Bonchev–Trinajstić information content (AvgIpc) is 3.18. The second kappa shape index (κ2) is 6.29. The zero-order valence-electron chi connectivity index (χ0n) is 20.6. The smallest absolute Gasteiger partial charge is 0.306 e. The van der Waals surface area contributed by atoms with Crippen molar-refractivity contribution in [2.75, 3.05) is 0 Å². The minimum Gasteiger partial charge on any atom is -0.456 e. The third-order valence-corrected chi connectivity index (χ3v) is 12.5. The standard InChI is InChI=1S/C27H44O4/c1-22(2)17-9-13-24(4)18(23(17,3)12-10-20(22)28)7-8-19-25(24,5)15-16-27(19,30)26(6)14-11-21(29)31-26/h17-20,28,30H,7-16H2,1-6H3/t17?,18-,19?,20-,23+,24-,25-,26+,27-/m1/s1. The van der Waals surface area contributed by atoms with Gasteiger partial charge in [0.25, 0.3) is 0 Å². The highest BCUT2D eigenvalue weighted by atomic mass is 16.6. The van der Waals surface area contributed by atoms with Crippen LogP contribution in [0.25, 0.3) is 0 Å². The van der Waals surface area contributed by atoms with Crippen LogP contribution in [-0.2, 0) is 9.53 Å². The topological polar surface area (TPSA) is 66.8 Å². The van der Waals surface area contributed by atoms with E-state index in [1.807, 2.05) is 6.92 Å². The number of hydrogen-bond donors (Lipinski definition) is 2. The Balaban J connectivity index is 1.52. The summed E-state index contributed by atoms with van der Waals surface area (Å²) in [7, 11) is 0. The normalized spacial score (nSPS) is 58.3. The molecule has 1 aliphatic heterocycles. The number of carbonyl (C=O) groups excluding carboxylic acids is 1. The van der Waals surface area contributed by atoms with Gasteiger partial charge in [-0.1, -0.05) is 34.6 Å². The number of hydrogen-bond acceptors (Lipinski definition) is 4. The van der Waals surface area contributed by atoms with Crippen molar-refractivity contribution in [3.05, 3.63) is 0 Å². The average molecular weight is 433 g/mol. The van der Waals surface area contributed by atoms with Gasteiger partial charge >= 0.3 is 5.97 Å². The largest absolute Gasteiger partial charge is 0.456 e. The van der Waals surface area contributed by atoms with E-state index in [0.29, 0.717) is 24.7 Å². The fourth-order valence-electron chi connectivity index (χ4n) is 10.4. The highest BCUT2D eigenvalue weighted by Gasteiger charge is 2.73. The van der Waals surface area contributed by atoms with Gasteiger partial charge in [0.2, 0.25) is 0 Å². The molecule has 5 fully saturated rings. The monoisotopic (exact) mass is 432 g/mol. The van der Waals surface area contributed by atoms with Crippen molar-refractivity contribution < 1.29 is 19.7 Å². The van der Waals surface area contributed by atoms with Crippen molar-refractivity contribution in [2.45, 2.75) is 123 Å². The first-order valence-electron chi connectivity index (χ1n) is 12.9. The quantitative estimate of drug-likeness (QED) is 0.556. The van der Waals surface area contributed by atoms with E-state index in [4.69, 9.17) is 4.74 Å². The molecule has 5 rings (SSSR count). The number of fused-ring (bicyclic) bond motifs is 5. The molecule has 0 bridgehead atoms. The lowest BCUT2D eigenvalue weighted by Crippen LogP contribution is -2.66. The van der Waals surface area contributed by atoms with E-state index >= 15 is 0 Å². The van der Waals surface area contributed by atoms with Gasteiger partial charge in [-0.15, -0.1) is 0 Å². The molecule has 0 radical (unpaired) electrons. The summed E-state index contributed by atoms with van der Waals surface area (Å²) in [5.41, 5.74) is -1.22. The molecule has 31 heavy (non-hydrogen) atoms. The molecule has 9 atom stereocenters. The number of rotatable bonds is 1. The highest BCUT2D eigenvalue weighted by molar-refractivity contribution is 5.72. The summed E-state index contributed by atoms with van der Waals surface area (Å²) in [6, 6.07) is 0. The Morgan fingerprint density at radius 1 is 0.774 bits per heavy atom. The zero-order chi connectivity index (χ0) is 22.7. The summed E-state index contributed by atoms with van der Waals surface area (Å²) < 4.78 is 5.83. The van der Waals surface area contributed by atoms with E-state index in [2.05, 4.69) is 34.6 Å². The van der Waals surface area contributed by atoms with Gasteiger partial charge in [-0.3, -0.25) is 4.79 Å². The SMILES string of the molecule is CC1(C)C2CC[C@]3(C)[C@H](CCC4[C@@](O)([C@]5(C)CCC(=O)O5)CC[C@]43C)[C@@]2(C)CC[C@H]1O. The fraction of sp³-hybridized carbons (Fsp3) is 0.963. The summed E-state index contributed by atoms with van der Waals surface area (Å²) in [5, 5.41) is 23.0. The second-order valence-electron chi connectivity index (χ2n) is 13.6. The van der Waals surface area contributed by atoms with Crippen molar-refractivity contribution in [1.82, 2.24) is 0 Å². The molecule has 0 amide bonds. The third-order valence-electron chi connectivity index (χ3n) is 12.5. The van der Waals surface area contributed by atoms with Gasteiger partial charge in [0, 0.05) is 12.8 Å². The van der Waals surface area contributed by atoms with Crippen molar-refractivity contribution in [2.24, 2.45) is 39.4 Å². The number of ether oxygens (including phenoxy) is 1. The summed E-state index contributed by atoms with van der Waals surface area (Å²) in [6.45, 7) is 14.1. The molecular formula is C27H44O4. The summed E-state index contributed by atoms with van der Waals surface area (Å²) in [4.78, 5) is 12.0. The number of aliphatic hydroxyl groups excluding tert-OH is 1. The molecule has 5 aliphatic rings. The van der Waals surface area contributed by atoms with Crippen LogP contribution in [-0.4, -0.2) is 33.5 Å². The van der Waals surface area contributed by atoms with Crippen LogP contribution in [0.3, 0.4) is 0 Å². The molecular weight excluding hydrogens is 388 g/mol. The maximum absolute atomic E-state index is 12.1. The number of cyclic esters (lactones) is 1. The summed E-state index contributed by atoms with van der Waals surface area (Å²) in [6.07, 6.45) is 9.15. The molecule has 0 aromatic carbocycles. The lowest BCUT2D eigenvalue weighted by atomic mass is 9.35. The van der Waals surface area contributed by atoms with E-state index in [1.165, 1.54) is 12.8 Å². The molecule has 2 unspecified atom stereocenters. The molecule has 2 N–H and O–H groups in total. The number of aliphatic hydroxyl groups is 2. The van der Waals surface area contributed by atoms with Gasteiger partial charge in [-0.25, -0.2) is 0 Å². The number of carbonyl (C=O) groups is 1. The molecule has 1 heterocycles. The van der Waals surface area contributed by atoms with E-state index in [9.17, 15) is 15.0 Å². The molecule has 4 saturated carbocycles. The zero-order valence-corrected chi connectivity index (χ0v) is 20.6. The van der Waals surface area contributed by atoms with Crippen LogP contribution in [0.1, 0.15) is 106 Å². The first-order valence-corrected chi connectivity index (χ1v) is 12.9. The Morgan fingerprint density at radius 2 is 1.42 bits per heavy atom. The van der Waals surface area contributed by atoms with Crippen LogP contribution in [0, 0.1) is 39.4 Å². The predicted octanol–water partition coefficient (Wildman–Crippen LogP) is 5.24. The van der Waals surface area contributed by atoms with Crippen LogP contribution in [0.4, 0.5) is 0 Å². The maximum atomic E-state index is 12.1. The van der Waals surface area contributed by atoms with Gasteiger partial charge in [0.15, 0.2) is 0 Å². The summed E-state index contributed by atoms with van der Waals surface area (Å²) >= 11 is 0. The molecule has 0 aromatic rings. The molecule has 4 nitrogen and oxygen atoms in total. The van der Waals surface area contributed by atoms with E-state index in [-0.39, 0.29) is 39.7 Å². The third kappa shape index (κ3) is 2.47. The lowest BCUT2D eigenvalue weighted by Gasteiger charge is -2.70. The van der Waals surface area contributed by atoms with Gasteiger partial charge in [0.05, 0.1) is 6.10 Å². The minimum atomic E-state index is -0.915. The highest BCUT2D eigenvalue weighted by Crippen LogP contribution is 2.76. The maximum Gasteiger partial charge on any atom is 0.306 e. The van der Waals surface area contributed by atoms with Crippen LogP contribution < -0.4 is 0 Å². The molecule has 176 valence electrons. The van der Waals surface area contributed by atoms with Crippen molar-refractivity contribution in [1.29, 1.82) is 0 Å². The number of esters is 1. The fourth-order valence-corrected chi connectivity index (χ4v) is 10.4. The summed E-state index contributed by atoms with van der Waals surface area (Å²) in [5.74, 6) is 1.20. The Hall–Kier alpha value is -0.610. The van der Waals surface area contributed by atoms with Crippen molar-refractivity contribution >= 4 is 5.97 Å². The molecule has 1 saturated heterocycles. The molecule has 0 aromatic heterocycles. The first-order chi connectivity index (χ1) is 14.2. The van der Waals surface area contributed by atoms with Crippen LogP contribution in [0.15, 0.2) is 0 Å². The Bertz CT molecular complexity index is 792. The van der Waals surface area contributed by atoms with Crippen molar-refractivity contribution in [3.63, 3.8) is 0 Å². The van der Waals surface area contributed by atoms with E-state index < -0.39 is 11.2 Å². The van der Waals surface area contributed by atoms with Crippen LogP contribution in [0.5, 0.6) is 0 Å². The predicted molar refractivity (Wildman–Crippen MR) is 120 cm³/mol. The molecule has 4 heteroatoms. The van der Waals surface area contributed by atoms with Gasteiger partial charge < -0.3 is 14.9 Å². The minimum absolute atomic E-state index is 0.0337. The first kappa shape index (κ1) is 22.2. The Morgan fingerprint density at radius 3 is 2.06 bits per heavy atom. The molecule has 4 aliphatic carbocycles. The van der Waals surface area contributed by atoms with E-state index in [1.54, 1.807) is 0 Å². The van der Waals surface area contributed by atoms with Gasteiger partial charge in [-0.05, 0) is 97.7 Å². The van der Waals surface area contributed by atoms with Crippen LogP contribution in [0.2, 0.25) is 0 Å².